The smallest absolute Gasteiger partial charge is 0.356 e. The fraction of sp³-hybridized carbons (Fsp3) is 0.833. The fourth-order valence-electron chi connectivity index (χ4n) is 5.66. The third kappa shape index (κ3) is 3.05. The maximum absolute atomic E-state index is 12.8. The molecule has 154 valence electrons. The predicted octanol–water partition coefficient (Wildman–Crippen LogP) is 2.19. The van der Waals surface area contributed by atoms with Gasteiger partial charge in [0.1, 0.15) is 0 Å². The van der Waals surface area contributed by atoms with Crippen LogP contribution >= 0.6 is 0 Å². The molecular weight excluding hydrogens is 375 g/mol. The van der Waals surface area contributed by atoms with Gasteiger partial charge in [0, 0.05) is 31.1 Å². The number of amides is 1. The molecule has 1 aromatic rings. The van der Waals surface area contributed by atoms with Crippen LogP contribution in [0.2, 0.25) is 0 Å². The predicted molar refractivity (Wildman–Crippen MR) is 92.5 cm³/mol. The van der Waals surface area contributed by atoms with Gasteiger partial charge in [0.25, 0.3) is 5.82 Å². The molecule has 2 atom stereocenters. The third-order valence-electron chi connectivity index (χ3n) is 7.17. The highest BCUT2D eigenvalue weighted by atomic mass is 19.4. The molecule has 7 nitrogen and oxygen atoms in total. The highest BCUT2D eigenvalue weighted by Crippen LogP contribution is 2.43. The number of hydrogen-bond donors (Lipinski definition) is 1. The zero-order chi connectivity index (χ0) is 19.5. The summed E-state index contributed by atoms with van der Waals surface area (Å²) in [5, 5.41) is 6.09. The minimum atomic E-state index is -4.58. The molecule has 4 aliphatic heterocycles. The monoisotopic (exact) mass is 399 g/mol. The van der Waals surface area contributed by atoms with Crippen LogP contribution in [0.15, 0.2) is 4.52 Å². The molecule has 5 rings (SSSR count). The Hall–Kier alpha value is -1.84. The van der Waals surface area contributed by atoms with Crippen molar-refractivity contribution in [3.05, 3.63) is 5.82 Å². The largest absolute Gasteiger partial charge is 0.455 e. The van der Waals surface area contributed by atoms with E-state index in [1.54, 1.807) is 0 Å². The molecule has 0 aromatic carbocycles. The van der Waals surface area contributed by atoms with Crippen molar-refractivity contribution >= 4 is 11.9 Å². The van der Waals surface area contributed by atoms with Gasteiger partial charge < -0.3 is 19.6 Å². The first-order valence-corrected chi connectivity index (χ1v) is 10.0. The van der Waals surface area contributed by atoms with Gasteiger partial charge in [-0.1, -0.05) is 0 Å². The van der Waals surface area contributed by atoms with Crippen molar-refractivity contribution in [2.24, 2.45) is 5.41 Å². The minimum absolute atomic E-state index is 0.00594. The zero-order valence-corrected chi connectivity index (χ0v) is 15.5. The second kappa shape index (κ2) is 6.33. The summed E-state index contributed by atoms with van der Waals surface area (Å²) in [6, 6.07) is 0.736. The first kappa shape index (κ1) is 18.2. The van der Waals surface area contributed by atoms with Crippen LogP contribution in [0.5, 0.6) is 0 Å². The van der Waals surface area contributed by atoms with E-state index in [1.165, 1.54) is 0 Å². The van der Waals surface area contributed by atoms with Gasteiger partial charge >= 0.3 is 12.2 Å². The van der Waals surface area contributed by atoms with Crippen LogP contribution in [0.1, 0.15) is 50.8 Å². The van der Waals surface area contributed by atoms with E-state index in [0.29, 0.717) is 12.5 Å². The van der Waals surface area contributed by atoms with Crippen LogP contribution in [0, 0.1) is 5.41 Å². The number of hydrogen-bond acceptors (Lipinski definition) is 6. The summed E-state index contributed by atoms with van der Waals surface area (Å²) in [5.74, 6) is -1.04. The number of nitrogens with zero attached hydrogens (tertiary/aromatic N) is 4. The van der Waals surface area contributed by atoms with E-state index >= 15 is 0 Å². The van der Waals surface area contributed by atoms with Gasteiger partial charge in [0.2, 0.25) is 5.91 Å². The van der Waals surface area contributed by atoms with Crippen molar-refractivity contribution in [3.8, 4) is 0 Å². The SMILES string of the molecule is O=C1CC2(CCN(C3CC4CCC(C3)N4c3nc(C(F)(F)F)no3)CC2)CN1. The summed E-state index contributed by atoms with van der Waals surface area (Å²) in [6.45, 7) is 2.76. The molecule has 1 N–H and O–H groups in total. The Kier molecular flexibility index (Phi) is 4.12. The highest BCUT2D eigenvalue weighted by Gasteiger charge is 2.48. The number of fused-ring (bicyclic) bond motifs is 2. The van der Waals surface area contributed by atoms with Gasteiger partial charge in [-0.15, -0.1) is 0 Å². The number of halogens is 3. The van der Waals surface area contributed by atoms with Gasteiger partial charge in [0.05, 0.1) is 0 Å². The summed E-state index contributed by atoms with van der Waals surface area (Å²) < 4.78 is 43.3. The fourth-order valence-corrected chi connectivity index (χ4v) is 5.66. The lowest BCUT2D eigenvalue weighted by Crippen LogP contribution is -2.53. The number of anilines is 1. The van der Waals surface area contributed by atoms with E-state index in [1.807, 2.05) is 4.90 Å². The summed E-state index contributed by atoms with van der Waals surface area (Å²) in [5.41, 5.74) is 0.130. The maximum Gasteiger partial charge on any atom is 0.455 e. The minimum Gasteiger partial charge on any atom is -0.356 e. The van der Waals surface area contributed by atoms with Crippen molar-refractivity contribution in [2.45, 2.75) is 69.2 Å². The van der Waals surface area contributed by atoms with E-state index in [4.69, 9.17) is 4.52 Å². The van der Waals surface area contributed by atoms with Crippen molar-refractivity contribution in [1.82, 2.24) is 20.4 Å². The van der Waals surface area contributed by atoms with E-state index in [9.17, 15) is 18.0 Å². The van der Waals surface area contributed by atoms with Crippen LogP contribution in [0.3, 0.4) is 0 Å². The van der Waals surface area contributed by atoms with Crippen molar-refractivity contribution in [3.63, 3.8) is 0 Å². The van der Waals surface area contributed by atoms with Crippen molar-refractivity contribution < 1.29 is 22.5 Å². The van der Waals surface area contributed by atoms with Gasteiger partial charge in [-0.05, 0) is 62.2 Å². The molecule has 28 heavy (non-hydrogen) atoms. The number of nitrogens with one attached hydrogen (secondary N) is 1. The lowest BCUT2D eigenvalue weighted by Gasteiger charge is -2.46. The second-order valence-corrected chi connectivity index (χ2v) is 8.81. The Labute approximate surface area is 160 Å². The number of alkyl halides is 3. The second-order valence-electron chi connectivity index (χ2n) is 8.81. The Morgan fingerprint density at radius 2 is 1.79 bits per heavy atom. The molecular formula is C18H24F3N5O2. The standard InChI is InChI=1S/C18H24F3N5O2/c19-18(20,21)15-23-16(28-24-15)26-11-1-2-12(26)8-13(7-11)25-5-3-17(4-6-25)9-14(27)22-10-17/h11-13H,1-10H2,(H,22,27). The number of carbonyl (C=O) groups is 1. The molecule has 10 heteroatoms. The van der Waals surface area contributed by atoms with E-state index in [2.05, 4.69) is 20.4 Å². The van der Waals surface area contributed by atoms with Crippen LogP contribution in [0.4, 0.5) is 19.2 Å². The topological polar surface area (TPSA) is 74.5 Å². The van der Waals surface area contributed by atoms with Gasteiger partial charge in [-0.3, -0.25) is 4.79 Å². The quantitative estimate of drug-likeness (QED) is 0.822. The third-order valence-corrected chi connectivity index (χ3v) is 7.17. The number of rotatable bonds is 2. The zero-order valence-electron chi connectivity index (χ0n) is 15.5. The molecule has 2 unspecified atom stereocenters. The van der Waals surface area contributed by atoms with Crippen molar-refractivity contribution in [2.75, 3.05) is 24.5 Å². The molecule has 0 aliphatic carbocycles. The van der Waals surface area contributed by atoms with E-state index in [0.717, 1.165) is 58.2 Å². The Morgan fingerprint density at radius 3 is 2.32 bits per heavy atom. The van der Waals surface area contributed by atoms with Crippen LogP contribution in [-0.4, -0.2) is 58.7 Å². The average Bonchev–Trinajstić information content (AvgIpc) is 3.32. The van der Waals surface area contributed by atoms with E-state index in [-0.39, 0.29) is 29.4 Å². The summed E-state index contributed by atoms with van der Waals surface area (Å²) in [4.78, 5) is 19.7. The molecule has 1 amide bonds. The molecule has 4 aliphatic rings. The van der Waals surface area contributed by atoms with Gasteiger partial charge in [0.15, 0.2) is 0 Å². The maximum atomic E-state index is 12.8. The van der Waals surface area contributed by atoms with Crippen LogP contribution < -0.4 is 10.2 Å². The molecule has 0 radical (unpaired) electrons. The first-order chi connectivity index (χ1) is 13.3. The number of piperidine rings is 2. The summed E-state index contributed by atoms with van der Waals surface area (Å²) in [6.07, 6.45) is 1.82. The lowest BCUT2D eigenvalue weighted by atomic mass is 9.77. The summed E-state index contributed by atoms with van der Waals surface area (Å²) >= 11 is 0. The Bertz CT molecular complexity index is 745. The number of likely N-dealkylation sites (tertiary alicyclic amines) is 1. The number of aromatic nitrogens is 2. The molecule has 5 heterocycles. The normalized spacial score (nSPS) is 32.9. The first-order valence-electron chi connectivity index (χ1n) is 10.0. The Morgan fingerprint density at radius 1 is 1.11 bits per heavy atom. The van der Waals surface area contributed by atoms with Gasteiger partial charge in [-0.25, -0.2) is 0 Å². The lowest BCUT2D eigenvalue weighted by molar-refractivity contribution is -0.146. The average molecular weight is 399 g/mol. The molecule has 4 fully saturated rings. The highest BCUT2D eigenvalue weighted by molar-refractivity contribution is 5.79. The molecule has 1 spiro atoms. The van der Waals surface area contributed by atoms with Gasteiger partial charge in [-0.2, -0.15) is 18.2 Å². The molecule has 1 aromatic heterocycles. The Balaban J connectivity index is 1.24. The van der Waals surface area contributed by atoms with Crippen LogP contribution in [-0.2, 0) is 11.0 Å². The molecule has 4 saturated heterocycles. The van der Waals surface area contributed by atoms with Crippen LogP contribution in [0.25, 0.3) is 0 Å². The summed E-state index contributed by atoms with van der Waals surface area (Å²) in [7, 11) is 0. The molecule has 2 bridgehead atoms. The molecule has 0 saturated carbocycles. The van der Waals surface area contributed by atoms with E-state index < -0.39 is 12.0 Å². The van der Waals surface area contributed by atoms with Crippen molar-refractivity contribution in [1.29, 1.82) is 0 Å². The number of carbonyl (C=O) groups excluding carboxylic acids is 1.